The number of hydrogen-bond donors (Lipinski definition) is 0. The van der Waals surface area contributed by atoms with Gasteiger partial charge in [-0.05, 0) is 30.6 Å². The predicted octanol–water partition coefficient (Wildman–Crippen LogP) is 3.48. The number of methoxy groups -OCH3 is 1. The van der Waals surface area contributed by atoms with Gasteiger partial charge in [-0.15, -0.1) is 5.10 Å². The van der Waals surface area contributed by atoms with Crippen LogP contribution in [-0.2, 0) is 0 Å². The van der Waals surface area contributed by atoms with Crippen LogP contribution in [0.3, 0.4) is 0 Å². The molecule has 2 aromatic carbocycles. The third-order valence-corrected chi connectivity index (χ3v) is 5.71. The lowest BCUT2D eigenvalue weighted by Gasteiger charge is -2.36. The molecule has 0 saturated carbocycles. The van der Waals surface area contributed by atoms with E-state index < -0.39 is 0 Å². The number of carbonyl (C=O) groups excluding carboxylic acids is 1. The van der Waals surface area contributed by atoms with Crippen molar-refractivity contribution < 1.29 is 9.53 Å². The van der Waals surface area contributed by atoms with E-state index in [4.69, 9.17) is 4.74 Å². The number of aromatic nitrogens is 2. The predicted molar refractivity (Wildman–Crippen MR) is 111 cm³/mol. The second-order valence-corrected chi connectivity index (χ2v) is 7.52. The normalized spacial score (nSPS) is 14.2. The van der Waals surface area contributed by atoms with Crippen molar-refractivity contribution in [3.63, 3.8) is 0 Å². The van der Waals surface area contributed by atoms with Crippen molar-refractivity contribution in [1.29, 1.82) is 0 Å². The fourth-order valence-electron chi connectivity index (χ4n) is 3.42. The van der Waals surface area contributed by atoms with Gasteiger partial charge < -0.3 is 14.5 Å². The van der Waals surface area contributed by atoms with Crippen molar-refractivity contribution in [2.24, 2.45) is 0 Å². The highest BCUT2D eigenvalue weighted by Gasteiger charge is 2.27. The summed E-state index contributed by atoms with van der Waals surface area (Å²) in [5.74, 6) is 0.862. The summed E-state index contributed by atoms with van der Waals surface area (Å²) in [5, 5.41) is 4.21. The molecule has 6 nitrogen and oxygen atoms in total. The number of hydrogen-bond acceptors (Lipinski definition) is 6. The van der Waals surface area contributed by atoms with Gasteiger partial charge in [0.2, 0.25) is 0 Å². The van der Waals surface area contributed by atoms with Crippen LogP contribution in [0.1, 0.15) is 15.2 Å². The lowest BCUT2D eigenvalue weighted by molar-refractivity contribution is 0.0752. The summed E-state index contributed by atoms with van der Waals surface area (Å²) < 4.78 is 9.51. The van der Waals surface area contributed by atoms with Crippen LogP contribution >= 0.6 is 11.5 Å². The van der Waals surface area contributed by atoms with Crippen LogP contribution in [0, 0.1) is 6.92 Å². The molecule has 1 aliphatic heterocycles. The SMILES string of the molecule is COc1ccccc1N1CCN(C(=O)c2snnc2-c2ccc(C)cc2)CC1. The molecule has 7 heteroatoms. The first-order valence-electron chi connectivity index (χ1n) is 9.24. The van der Waals surface area contributed by atoms with Gasteiger partial charge in [0.1, 0.15) is 16.3 Å². The van der Waals surface area contributed by atoms with Gasteiger partial charge in [0.05, 0.1) is 12.8 Å². The molecule has 0 atom stereocenters. The fourth-order valence-corrected chi connectivity index (χ4v) is 4.07. The molecule has 2 heterocycles. The smallest absolute Gasteiger partial charge is 0.268 e. The summed E-state index contributed by atoms with van der Waals surface area (Å²) in [5.41, 5.74) is 3.83. The molecular formula is C21H22N4O2S. The standard InChI is InChI=1S/C21H22N4O2S/c1-15-7-9-16(10-8-15)19-20(28-23-22-19)21(26)25-13-11-24(12-14-25)17-5-3-4-6-18(17)27-2/h3-10H,11-14H2,1-2H3. The van der Waals surface area contributed by atoms with Gasteiger partial charge in [-0.25, -0.2) is 0 Å². The number of carbonyl (C=O) groups is 1. The van der Waals surface area contributed by atoms with Gasteiger partial charge in [0.15, 0.2) is 0 Å². The molecule has 3 aromatic rings. The van der Waals surface area contributed by atoms with Crippen LogP contribution in [0.4, 0.5) is 5.69 Å². The number of ether oxygens (including phenoxy) is 1. The van der Waals surface area contributed by atoms with Gasteiger partial charge in [-0.3, -0.25) is 4.79 Å². The number of piperazine rings is 1. The van der Waals surface area contributed by atoms with Crippen LogP contribution in [0.5, 0.6) is 5.75 Å². The van der Waals surface area contributed by atoms with Crippen molar-refractivity contribution in [2.75, 3.05) is 38.2 Å². The zero-order valence-electron chi connectivity index (χ0n) is 16.0. The molecular weight excluding hydrogens is 372 g/mol. The number of benzene rings is 2. The van der Waals surface area contributed by atoms with Gasteiger partial charge in [0, 0.05) is 31.7 Å². The Hall–Kier alpha value is -2.93. The van der Waals surface area contributed by atoms with Crippen molar-refractivity contribution >= 4 is 23.1 Å². The molecule has 1 aliphatic rings. The second-order valence-electron chi connectivity index (χ2n) is 6.77. The van der Waals surface area contributed by atoms with E-state index >= 15 is 0 Å². The fraction of sp³-hybridized carbons (Fsp3) is 0.286. The van der Waals surface area contributed by atoms with Crippen LogP contribution < -0.4 is 9.64 Å². The molecule has 0 radical (unpaired) electrons. The third kappa shape index (κ3) is 3.57. The monoisotopic (exact) mass is 394 g/mol. The Labute approximate surface area is 168 Å². The molecule has 1 fully saturated rings. The number of aryl methyl sites for hydroxylation is 1. The molecule has 0 unspecified atom stereocenters. The van der Waals surface area contributed by atoms with E-state index in [1.165, 1.54) is 17.1 Å². The summed E-state index contributed by atoms with van der Waals surface area (Å²) in [6, 6.07) is 16.0. The Kier molecular flexibility index (Phi) is 5.25. The van der Waals surface area contributed by atoms with Gasteiger partial charge in [-0.1, -0.05) is 46.4 Å². The van der Waals surface area contributed by atoms with E-state index in [-0.39, 0.29) is 5.91 Å². The number of amides is 1. The molecule has 1 amide bonds. The van der Waals surface area contributed by atoms with E-state index in [0.29, 0.717) is 23.7 Å². The Bertz CT molecular complexity index is 963. The summed E-state index contributed by atoms with van der Waals surface area (Å²) >= 11 is 1.17. The minimum Gasteiger partial charge on any atom is -0.495 e. The minimum atomic E-state index is 0.00486. The maximum atomic E-state index is 13.1. The average molecular weight is 395 g/mol. The van der Waals surface area contributed by atoms with E-state index in [1.807, 2.05) is 54.3 Å². The minimum absolute atomic E-state index is 0.00486. The molecule has 0 N–H and O–H groups in total. The van der Waals surface area contributed by atoms with Crippen LogP contribution in [-0.4, -0.2) is 53.7 Å². The summed E-state index contributed by atoms with van der Waals surface area (Å²) in [6.45, 7) is 4.87. The van der Waals surface area contributed by atoms with E-state index in [0.717, 1.165) is 30.1 Å². The summed E-state index contributed by atoms with van der Waals surface area (Å²) in [6.07, 6.45) is 0. The zero-order valence-corrected chi connectivity index (χ0v) is 16.8. The largest absolute Gasteiger partial charge is 0.495 e. The number of rotatable bonds is 4. The van der Waals surface area contributed by atoms with Crippen LogP contribution in [0.25, 0.3) is 11.3 Å². The van der Waals surface area contributed by atoms with Crippen molar-refractivity contribution in [2.45, 2.75) is 6.92 Å². The first-order chi connectivity index (χ1) is 13.7. The highest BCUT2D eigenvalue weighted by molar-refractivity contribution is 7.08. The van der Waals surface area contributed by atoms with Gasteiger partial charge >= 0.3 is 0 Å². The highest BCUT2D eigenvalue weighted by Crippen LogP contribution is 2.30. The molecule has 1 saturated heterocycles. The van der Waals surface area contributed by atoms with Crippen LogP contribution in [0.15, 0.2) is 48.5 Å². The Balaban J connectivity index is 1.48. The van der Waals surface area contributed by atoms with E-state index in [2.05, 4.69) is 20.6 Å². The second kappa shape index (κ2) is 7.98. The molecule has 0 aliphatic carbocycles. The topological polar surface area (TPSA) is 58.6 Å². The number of anilines is 1. The quantitative estimate of drug-likeness (QED) is 0.678. The molecule has 0 bridgehead atoms. The third-order valence-electron chi connectivity index (χ3n) is 5.00. The van der Waals surface area contributed by atoms with E-state index in [9.17, 15) is 4.79 Å². The summed E-state index contributed by atoms with van der Waals surface area (Å²) in [7, 11) is 1.68. The maximum absolute atomic E-state index is 13.1. The average Bonchev–Trinajstić information content (AvgIpc) is 3.23. The zero-order chi connectivity index (χ0) is 19.5. The molecule has 0 spiro atoms. The number of para-hydroxylation sites is 2. The highest BCUT2D eigenvalue weighted by atomic mass is 32.1. The number of nitrogens with zero attached hydrogens (tertiary/aromatic N) is 4. The Morgan fingerprint density at radius 3 is 2.46 bits per heavy atom. The Morgan fingerprint density at radius 1 is 1.04 bits per heavy atom. The summed E-state index contributed by atoms with van der Waals surface area (Å²) in [4.78, 5) is 17.9. The van der Waals surface area contributed by atoms with Gasteiger partial charge in [0.25, 0.3) is 5.91 Å². The first kappa shape index (κ1) is 18.4. The van der Waals surface area contributed by atoms with Crippen molar-refractivity contribution in [1.82, 2.24) is 14.5 Å². The first-order valence-corrected chi connectivity index (χ1v) is 10.0. The maximum Gasteiger partial charge on any atom is 0.268 e. The lowest BCUT2D eigenvalue weighted by Crippen LogP contribution is -2.48. The molecule has 28 heavy (non-hydrogen) atoms. The molecule has 1 aromatic heterocycles. The Morgan fingerprint density at radius 2 is 1.75 bits per heavy atom. The molecule has 144 valence electrons. The van der Waals surface area contributed by atoms with Crippen molar-refractivity contribution in [3.8, 4) is 17.0 Å². The lowest BCUT2D eigenvalue weighted by atomic mass is 10.1. The van der Waals surface area contributed by atoms with Crippen LogP contribution in [0.2, 0.25) is 0 Å². The molecule has 4 rings (SSSR count). The van der Waals surface area contributed by atoms with E-state index in [1.54, 1.807) is 7.11 Å². The van der Waals surface area contributed by atoms with Crippen molar-refractivity contribution in [3.05, 3.63) is 59.0 Å². The van der Waals surface area contributed by atoms with Gasteiger partial charge in [-0.2, -0.15) is 0 Å².